The third kappa shape index (κ3) is 3.39. The topological polar surface area (TPSA) is 75.7 Å². The summed E-state index contributed by atoms with van der Waals surface area (Å²) in [5.74, 6) is 0.235. The lowest BCUT2D eigenvalue weighted by molar-refractivity contribution is -0.117. The maximum atomic E-state index is 13.0. The zero-order valence-electron chi connectivity index (χ0n) is 15.1. The predicted octanol–water partition coefficient (Wildman–Crippen LogP) is 3.24. The van der Waals surface area contributed by atoms with Crippen molar-refractivity contribution in [3.63, 3.8) is 0 Å². The molecule has 0 radical (unpaired) electrons. The number of carbonyl (C=O) groups excluding carboxylic acids is 1. The molecule has 2 aromatic rings. The van der Waals surface area contributed by atoms with Crippen LogP contribution < -0.4 is 14.4 Å². The maximum Gasteiger partial charge on any atom is 0.265 e. The highest BCUT2D eigenvalue weighted by Crippen LogP contribution is 2.32. The van der Waals surface area contributed by atoms with Crippen molar-refractivity contribution in [2.45, 2.75) is 31.6 Å². The van der Waals surface area contributed by atoms with Crippen molar-refractivity contribution in [2.24, 2.45) is 0 Å². The standard InChI is InChI=1S/C19H22N2O4S/c1-13-6-4-7-16(14(13)2)20-26(23,24)18-12-15(9-10-17(18)25-3)21-11-5-8-19(21)22/h4,6-7,9-10,12,20H,5,8,11H2,1-3H3. The monoisotopic (exact) mass is 374 g/mol. The molecule has 1 amide bonds. The van der Waals surface area contributed by atoms with E-state index >= 15 is 0 Å². The van der Waals surface area contributed by atoms with Gasteiger partial charge in [-0.15, -0.1) is 0 Å². The van der Waals surface area contributed by atoms with Crippen molar-refractivity contribution in [1.29, 1.82) is 0 Å². The Hall–Kier alpha value is -2.54. The molecule has 1 aliphatic heterocycles. The van der Waals surface area contributed by atoms with Gasteiger partial charge in [0.05, 0.1) is 12.8 Å². The molecule has 138 valence electrons. The van der Waals surface area contributed by atoms with Crippen LogP contribution in [0.5, 0.6) is 5.75 Å². The number of carbonyl (C=O) groups is 1. The Labute approximate surface area is 153 Å². The molecule has 2 aromatic carbocycles. The number of anilines is 2. The zero-order valence-corrected chi connectivity index (χ0v) is 15.9. The first-order valence-corrected chi connectivity index (χ1v) is 9.89. The second kappa shape index (κ2) is 6.99. The average Bonchev–Trinajstić information content (AvgIpc) is 3.04. The Kier molecular flexibility index (Phi) is 4.91. The van der Waals surface area contributed by atoms with Crippen molar-refractivity contribution in [1.82, 2.24) is 0 Å². The molecule has 0 spiro atoms. The van der Waals surface area contributed by atoms with Gasteiger partial charge in [-0.2, -0.15) is 0 Å². The summed E-state index contributed by atoms with van der Waals surface area (Å²) >= 11 is 0. The third-order valence-electron chi connectivity index (χ3n) is 4.67. The normalized spacial score (nSPS) is 14.6. The number of hydrogen-bond donors (Lipinski definition) is 1. The van der Waals surface area contributed by atoms with E-state index in [9.17, 15) is 13.2 Å². The number of methoxy groups -OCH3 is 1. The SMILES string of the molecule is COc1ccc(N2CCCC2=O)cc1S(=O)(=O)Nc1cccc(C)c1C. The number of hydrogen-bond acceptors (Lipinski definition) is 4. The molecule has 1 fully saturated rings. The number of amides is 1. The molecule has 7 heteroatoms. The molecule has 3 rings (SSSR count). The first-order chi connectivity index (χ1) is 12.3. The van der Waals surface area contributed by atoms with Crippen LogP contribution in [0.1, 0.15) is 24.0 Å². The van der Waals surface area contributed by atoms with Crippen LogP contribution in [0.4, 0.5) is 11.4 Å². The molecule has 1 saturated heterocycles. The fourth-order valence-electron chi connectivity index (χ4n) is 3.03. The van der Waals surface area contributed by atoms with Crippen molar-refractivity contribution < 1.29 is 17.9 Å². The molecule has 0 saturated carbocycles. The summed E-state index contributed by atoms with van der Waals surface area (Å²) < 4.78 is 33.9. The first-order valence-electron chi connectivity index (χ1n) is 8.41. The van der Waals surface area contributed by atoms with Gasteiger partial charge in [-0.1, -0.05) is 12.1 Å². The molecule has 0 bridgehead atoms. The van der Waals surface area contributed by atoms with E-state index in [-0.39, 0.29) is 16.6 Å². The number of benzene rings is 2. The quantitative estimate of drug-likeness (QED) is 0.872. The minimum Gasteiger partial charge on any atom is -0.495 e. The smallest absolute Gasteiger partial charge is 0.265 e. The second-order valence-electron chi connectivity index (χ2n) is 6.34. The van der Waals surface area contributed by atoms with Crippen LogP contribution in [0.3, 0.4) is 0 Å². The fraction of sp³-hybridized carbons (Fsp3) is 0.316. The summed E-state index contributed by atoms with van der Waals surface area (Å²) in [6.07, 6.45) is 1.25. The molecular formula is C19H22N2O4S. The lowest BCUT2D eigenvalue weighted by Crippen LogP contribution is -2.24. The molecule has 1 heterocycles. The predicted molar refractivity (Wildman–Crippen MR) is 101 cm³/mol. The van der Waals surface area contributed by atoms with Crippen molar-refractivity contribution in [2.75, 3.05) is 23.3 Å². The van der Waals surface area contributed by atoms with Gasteiger partial charge in [0.2, 0.25) is 5.91 Å². The average molecular weight is 374 g/mol. The summed E-state index contributed by atoms with van der Waals surface area (Å²) in [6, 6.07) is 10.2. The van der Waals surface area contributed by atoms with Crippen molar-refractivity contribution in [3.05, 3.63) is 47.5 Å². The Bertz CT molecular complexity index is 954. The van der Waals surface area contributed by atoms with Crippen LogP contribution in [-0.4, -0.2) is 28.0 Å². The van der Waals surface area contributed by atoms with Gasteiger partial charge in [-0.25, -0.2) is 8.42 Å². The molecule has 0 aromatic heterocycles. The van der Waals surface area contributed by atoms with Crippen LogP contribution >= 0.6 is 0 Å². The minimum absolute atomic E-state index is 0.000928. The van der Waals surface area contributed by atoms with E-state index < -0.39 is 10.0 Å². The Morgan fingerprint density at radius 2 is 1.92 bits per heavy atom. The zero-order chi connectivity index (χ0) is 18.9. The number of nitrogens with zero attached hydrogens (tertiary/aromatic N) is 1. The maximum absolute atomic E-state index is 13.0. The molecule has 0 aliphatic carbocycles. The van der Waals surface area contributed by atoms with E-state index in [1.165, 1.54) is 13.2 Å². The van der Waals surface area contributed by atoms with Crippen LogP contribution in [0.15, 0.2) is 41.3 Å². The molecule has 6 nitrogen and oxygen atoms in total. The van der Waals surface area contributed by atoms with E-state index in [1.807, 2.05) is 19.9 Å². The number of rotatable bonds is 5. The minimum atomic E-state index is -3.88. The van der Waals surface area contributed by atoms with Gasteiger partial charge in [-0.3, -0.25) is 9.52 Å². The summed E-state index contributed by atoms with van der Waals surface area (Å²) in [7, 11) is -2.45. The number of aryl methyl sites for hydroxylation is 1. The molecular weight excluding hydrogens is 352 g/mol. The van der Waals surface area contributed by atoms with Gasteiger partial charge in [-0.05, 0) is 55.7 Å². The highest BCUT2D eigenvalue weighted by Gasteiger charge is 2.26. The molecule has 1 aliphatic rings. The van der Waals surface area contributed by atoms with Gasteiger partial charge in [0.25, 0.3) is 10.0 Å². The van der Waals surface area contributed by atoms with Crippen LogP contribution in [0, 0.1) is 13.8 Å². The third-order valence-corrected chi connectivity index (χ3v) is 6.06. The van der Waals surface area contributed by atoms with E-state index in [0.717, 1.165) is 17.5 Å². The van der Waals surface area contributed by atoms with Crippen molar-refractivity contribution in [3.8, 4) is 5.75 Å². The number of nitrogens with one attached hydrogen (secondary N) is 1. The molecule has 0 atom stereocenters. The van der Waals surface area contributed by atoms with E-state index in [1.54, 1.807) is 29.2 Å². The van der Waals surface area contributed by atoms with Crippen LogP contribution in [-0.2, 0) is 14.8 Å². The second-order valence-corrected chi connectivity index (χ2v) is 7.99. The summed E-state index contributed by atoms with van der Waals surface area (Å²) in [6.45, 7) is 4.38. The summed E-state index contributed by atoms with van der Waals surface area (Å²) in [5.41, 5.74) is 2.94. The molecule has 26 heavy (non-hydrogen) atoms. The molecule has 1 N–H and O–H groups in total. The highest BCUT2D eigenvalue weighted by atomic mass is 32.2. The summed E-state index contributed by atoms with van der Waals surface area (Å²) in [4.78, 5) is 13.6. The largest absolute Gasteiger partial charge is 0.495 e. The lowest BCUT2D eigenvalue weighted by Gasteiger charge is -2.19. The van der Waals surface area contributed by atoms with Crippen LogP contribution in [0.2, 0.25) is 0 Å². The highest BCUT2D eigenvalue weighted by molar-refractivity contribution is 7.92. The Morgan fingerprint density at radius 1 is 1.15 bits per heavy atom. The van der Waals surface area contributed by atoms with Gasteiger partial charge < -0.3 is 9.64 Å². The molecule has 0 unspecified atom stereocenters. The van der Waals surface area contributed by atoms with Gasteiger partial charge in [0, 0.05) is 18.7 Å². The number of sulfonamides is 1. The fourth-order valence-corrected chi connectivity index (χ4v) is 4.34. The Morgan fingerprint density at radius 3 is 2.58 bits per heavy atom. The van der Waals surface area contributed by atoms with Gasteiger partial charge in [0.1, 0.15) is 10.6 Å². The van der Waals surface area contributed by atoms with E-state index in [4.69, 9.17) is 4.74 Å². The first kappa shape index (κ1) is 18.3. The number of ether oxygens (including phenoxy) is 1. The van der Waals surface area contributed by atoms with Gasteiger partial charge in [0.15, 0.2) is 0 Å². The Balaban J connectivity index is 2.02. The van der Waals surface area contributed by atoms with E-state index in [0.29, 0.717) is 24.3 Å². The van der Waals surface area contributed by atoms with Crippen molar-refractivity contribution >= 4 is 27.3 Å². The van der Waals surface area contributed by atoms with Gasteiger partial charge >= 0.3 is 0 Å². The summed E-state index contributed by atoms with van der Waals surface area (Å²) in [5, 5.41) is 0. The van der Waals surface area contributed by atoms with Crippen LogP contribution in [0.25, 0.3) is 0 Å². The van der Waals surface area contributed by atoms with E-state index in [2.05, 4.69) is 4.72 Å². The lowest BCUT2D eigenvalue weighted by atomic mass is 10.1.